The van der Waals surface area contributed by atoms with E-state index in [1.165, 1.54) is 0 Å². The zero-order valence-electron chi connectivity index (χ0n) is 8.89. The monoisotopic (exact) mass is 210 g/mol. The van der Waals surface area contributed by atoms with Gasteiger partial charge in [0.15, 0.2) is 5.78 Å². The van der Waals surface area contributed by atoms with Crippen LogP contribution in [0, 0.1) is 6.92 Å². The van der Waals surface area contributed by atoms with Crippen molar-refractivity contribution in [2.45, 2.75) is 6.42 Å². The van der Waals surface area contributed by atoms with E-state index in [0.717, 1.165) is 5.56 Å². The van der Waals surface area contributed by atoms with Crippen molar-refractivity contribution in [3.8, 4) is 0 Å². The number of carbonyl (C=O) groups is 1. The van der Waals surface area contributed by atoms with Gasteiger partial charge in [0.1, 0.15) is 0 Å². The smallest absolute Gasteiger partial charge is 0.194 e. The highest BCUT2D eigenvalue weighted by Crippen LogP contribution is 2.14. The highest BCUT2D eigenvalue weighted by molar-refractivity contribution is 6.09. The first-order valence-corrected chi connectivity index (χ1v) is 5.15. The lowest BCUT2D eigenvalue weighted by molar-refractivity contribution is 0.103. The summed E-state index contributed by atoms with van der Waals surface area (Å²) in [5, 5.41) is 0. The van der Waals surface area contributed by atoms with Crippen molar-refractivity contribution in [1.29, 1.82) is 0 Å². The van der Waals surface area contributed by atoms with E-state index in [2.05, 4.69) is 11.9 Å². The van der Waals surface area contributed by atoms with E-state index in [0.29, 0.717) is 17.5 Å². The Morgan fingerprint density at radius 3 is 2.69 bits per heavy atom. The van der Waals surface area contributed by atoms with Gasteiger partial charge in [0.25, 0.3) is 0 Å². The van der Waals surface area contributed by atoms with Crippen molar-refractivity contribution in [1.82, 2.24) is 4.98 Å². The van der Waals surface area contributed by atoms with Crippen LogP contribution >= 0.6 is 0 Å². The highest BCUT2D eigenvalue weighted by Gasteiger charge is 2.11. The van der Waals surface area contributed by atoms with Gasteiger partial charge in [-0.05, 0) is 31.0 Å². The maximum absolute atomic E-state index is 12.2. The molecule has 2 heteroatoms. The molecule has 1 radical (unpaired) electrons. The van der Waals surface area contributed by atoms with Crippen molar-refractivity contribution >= 4 is 5.78 Å². The van der Waals surface area contributed by atoms with Crippen LogP contribution < -0.4 is 0 Å². The summed E-state index contributed by atoms with van der Waals surface area (Å²) in [5.41, 5.74) is 2.30. The van der Waals surface area contributed by atoms with Gasteiger partial charge in [-0.2, -0.15) is 0 Å². The Balaban J connectivity index is 2.42. The molecule has 79 valence electrons. The molecule has 0 fully saturated rings. The normalized spacial score (nSPS) is 10.1. The molecule has 1 aromatic carbocycles. The van der Waals surface area contributed by atoms with E-state index in [1.54, 1.807) is 24.5 Å². The van der Waals surface area contributed by atoms with Crippen LogP contribution in [0.15, 0.2) is 48.8 Å². The SMILES string of the molecule is [CH2]Cc1ccccc1C(=O)c1cccnc1. The zero-order chi connectivity index (χ0) is 11.4. The number of pyridine rings is 1. The third-order valence-electron chi connectivity index (χ3n) is 2.46. The summed E-state index contributed by atoms with van der Waals surface area (Å²) in [6.45, 7) is 3.82. The van der Waals surface area contributed by atoms with E-state index in [4.69, 9.17) is 0 Å². The molecule has 0 unspecified atom stereocenters. The van der Waals surface area contributed by atoms with E-state index in [1.807, 2.05) is 24.3 Å². The summed E-state index contributed by atoms with van der Waals surface area (Å²) >= 11 is 0. The Labute approximate surface area is 95.0 Å². The molecule has 0 aliphatic heterocycles. The van der Waals surface area contributed by atoms with Crippen LogP contribution in [-0.4, -0.2) is 10.8 Å². The minimum atomic E-state index is 0.00681. The largest absolute Gasteiger partial charge is 0.289 e. The fraction of sp³-hybridized carbons (Fsp3) is 0.0714. The average molecular weight is 210 g/mol. The first-order valence-electron chi connectivity index (χ1n) is 5.15. The predicted octanol–water partition coefficient (Wildman–Crippen LogP) is 2.69. The van der Waals surface area contributed by atoms with Crippen molar-refractivity contribution < 1.29 is 4.79 Å². The number of hydrogen-bond donors (Lipinski definition) is 0. The molecule has 0 spiro atoms. The first kappa shape index (κ1) is 10.6. The van der Waals surface area contributed by atoms with Crippen LogP contribution in [-0.2, 0) is 6.42 Å². The van der Waals surface area contributed by atoms with E-state index in [-0.39, 0.29) is 5.78 Å². The van der Waals surface area contributed by atoms with Crippen molar-refractivity contribution in [2.24, 2.45) is 0 Å². The standard InChI is InChI=1S/C14H12NO/c1-2-11-6-3-4-8-13(11)14(16)12-7-5-9-15-10-12/h3-10H,1-2H2. The van der Waals surface area contributed by atoms with Crippen LogP contribution in [0.25, 0.3) is 0 Å². The van der Waals surface area contributed by atoms with E-state index < -0.39 is 0 Å². The fourth-order valence-electron chi connectivity index (χ4n) is 1.61. The maximum atomic E-state index is 12.2. The Kier molecular flexibility index (Phi) is 3.10. The fourth-order valence-corrected chi connectivity index (χ4v) is 1.61. The summed E-state index contributed by atoms with van der Waals surface area (Å²) in [4.78, 5) is 16.1. The number of rotatable bonds is 3. The summed E-state index contributed by atoms with van der Waals surface area (Å²) in [6, 6.07) is 11.1. The summed E-state index contributed by atoms with van der Waals surface area (Å²) < 4.78 is 0. The molecule has 2 aromatic rings. The summed E-state index contributed by atoms with van der Waals surface area (Å²) in [6.07, 6.45) is 3.86. The first-order chi connectivity index (χ1) is 7.83. The van der Waals surface area contributed by atoms with Gasteiger partial charge in [0, 0.05) is 23.5 Å². The number of carbonyl (C=O) groups excluding carboxylic acids is 1. The topological polar surface area (TPSA) is 30.0 Å². The lowest BCUT2D eigenvalue weighted by Gasteiger charge is -2.05. The molecule has 1 heterocycles. The number of benzene rings is 1. The van der Waals surface area contributed by atoms with Crippen LogP contribution in [0.5, 0.6) is 0 Å². The van der Waals surface area contributed by atoms with Gasteiger partial charge in [-0.15, -0.1) is 0 Å². The van der Waals surface area contributed by atoms with Crippen molar-refractivity contribution in [3.63, 3.8) is 0 Å². The number of ketones is 1. The highest BCUT2D eigenvalue weighted by atomic mass is 16.1. The quantitative estimate of drug-likeness (QED) is 0.729. The molecular weight excluding hydrogens is 198 g/mol. The molecule has 2 nitrogen and oxygen atoms in total. The Hall–Kier alpha value is -1.96. The zero-order valence-corrected chi connectivity index (χ0v) is 8.89. The molecule has 0 saturated heterocycles. The molecular formula is C14H12NO. The van der Waals surface area contributed by atoms with Gasteiger partial charge in [0.2, 0.25) is 0 Å². The second-order valence-corrected chi connectivity index (χ2v) is 3.48. The molecule has 16 heavy (non-hydrogen) atoms. The third-order valence-corrected chi connectivity index (χ3v) is 2.46. The Bertz CT molecular complexity index is 491. The Morgan fingerprint density at radius 1 is 1.19 bits per heavy atom. The van der Waals surface area contributed by atoms with E-state index in [9.17, 15) is 4.79 Å². The number of hydrogen-bond acceptors (Lipinski definition) is 2. The lowest BCUT2D eigenvalue weighted by Crippen LogP contribution is -2.05. The summed E-state index contributed by atoms with van der Waals surface area (Å²) in [7, 11) is 0. The lowest BCUT2D eigenvalue weighted by atomic mass is 9.98. The Morgan fingerprint density at radius 2 is 2.00 bits per heavy atom. The van der Waals surface area contributed by atoms with Crippen LogP contribution in [0.4, 0.5) is 0 Å². The summed E-state index contributed by atoms with van der Waals surface area (Å²) in [5.74, 6) is 0.00681. The van der Waals surface area contributed by atoms with Gasteiger partial charge >= 0.3 is 0 Å². The predicted molar refractivity (Wildman–Crippen MR) is 63.2 cm³/mol. The van der Waals surface area contributed by atoms with Gasteiger partial charge in [-0.1, -0.05) is 24.3 Å². The molecule has 0 N–H and O–H groups in total. The number of nitrogens with zero attached hydrogens (tertiary/aromatic N) is 1. The molecule has 0 saturated carbocycles. The second kappa shape index (κ2) is 4.71. The van der Waals surface area contributed by atoms with Crippen LogP contribution in [0.2, 0.25) is 0 Å². The molecule has 1 aromatic heterocycles. The average Bonchev–Trinajstić information content (AvgIpc) is 2.39. The van der Waals surface area contributed by atoms with Crippen LogP contribution in [0.1, 0.15) is 21.5 Å². The van der Waals surface area contributed by atoms with Crippen LogP contribution in [0.3, 0.4) is 0 Å². The molecule has 0 aliphatic carbocycles. The number of aromatic nitrogens is 1. The van der Waals surface area contributed by atoms with E-state index >= 15 is 0 Å². The second-order valence-electron chi connectivity index (χ2n) is 3.48. The van der Waals surface area contributed by atoms with Crippen molar-refractivity contribution in [3.05, 3.63) is 72.4 Å². The minimum absolute atomic E-state index is 0.00681. The van der Waals surface area contributed by atoms with Crippen molar-refractivity contribution in [2.75, 3.05) is 0 Å². The third kappa shape index (κ3) is 2.01. The molecule has 0 atom stereocenters. The molecule has 0 amide bonds. The van der Waals surface area contributed by atoms with Gasteiger partial charge in [-0.25, -0.2) is 0 Å². The minimum Gasteiger partial charge on any atom is -0.289 e. The van der Waals surface area contributed by atoms with Gasteiger partial charge in [0.05, 0.1) is 0 Å². The maximum Gasteiger partial charge on any atom is 0.194 e. The molecule has 0 bridgehead atoms. The molecule has 2 rings (SSSR count). The van der Waals surface area contributed by atoms with Gasteiger partial charge in [-0.3, -0.25) is 9.78 Å². The molecule has 0 aliphatic rings. The van der Waals surface area contributed by atoms with Gasteiger partial charge < -0.3 is 0 Å².